The van der Waals surface area contributed by atoms with Crippen LogP contribution in [0.5, 0.6) is 0 Å². The molecule has 2 aliphatic rings. The van der Waals surface area contributed by atoms with Gasteiger partial charge in [0.2, 0.25) is 21.8 Å². The molecule has 0 saturated carbocycles. The van der Waals surface area contributed by atoms with Crippen LogP contribution in [0.25, 0.3) is 0 Å². The summed E-state index contributed by atoms with van der Waals surface area (Å²) in [4.78, 5) is 28.5. The first-order valence-electron chi connectivity index (χ1n) is 10.1. The molecule has 7 nitrogen and oxygen atoms in total. The molecule has 2 fully saturated rings. The van der Waals surface area contributed by atoms with E-state index in [9.17, 15) is 22.4 Å². The lowest BCUT2D eigenvalue weighted by Gasteiger charge is -2.34. The predicted octanol–water partition coefficient (Wildman–Crippen LogP) is 1.70. The maximum absolute atomic E-state index is 13.1. The van der Waals surface area contributed by atoms with Gasteiger partial charge >= 0.3 is 0 Å². The number of carbonyl (C=O) groups is 2. The Balaban J connectivity index is 1.64. The molecule has 1 aromatic carbocycles. The van der Waals surface area contributed by atoms with Crippen molar-refractivity contribution in [3.05, 3.63) is 30.1 Å². The summed E-state index contributed by atoms with van der Waals surface area (Å²) in [5.41, 5.74) is 0. The number of halogens is 1. The van der Waals surface area contributed by atoms with Gasteiger partial charge in [-0.1, -0.05) is 6.92 Å². The van der Waals surface area contributed by atoms with Crippen LogP contribution in [0.2, 0.25) is 0 Å². The van der Waals surface area contributed by atoms with Crippen LogP contribution in [-0.2, 0) is 19.6 Å². The summed E-state index contributed by atoms with van der Waals surface area (Å²) in [6, 6.07) is 4.79. The normalized spacial score (nSPS) is 21.7. The lowest BCUT2D eigenvalue weighted by molar-refractivity contribution is -0.140. The number of sulfonamides is 1. The molecule has 0 N–H and O–H groups in total. The van der Waals surface area contributed by atoms with Crippen LogP contribution < -0.4 is 0 Å². The number of likely N-dealkylation sites (tertiary alicyclic amines) is 1. The van der Waals surface area contributed by atoms with Crippen molar-refractivity contribution in [2.75, 3.05) is 39.3 Å². The fourth-order valence-corrected chi connectivity index (χ4v) is 5.47. The van der Waals surface area contributed by atoms with E-state index in [1.54, 1.807) is 9.80 Å². The Kier molecular flexibility index (Phi) is 6.89. The number of nitrogens with zero attached hydrogens (tertiary/aromatic N) is 3. The second-order valence-electron chi connectivity index (χ2n) is 7.57. The zero-order chi connectivity index (χ0) is 21.0. The molecule has 3 rings (SSSR count). The van der Waals surface area contributed by atoms with E-state index in [0.717, 1.165) is 25.0 Å². The lowest BCUT2D eigenvalue weighted by Crippen LogP contribution is -2.47. The Morgan fingerprint density at radius 2 is 1.69 bits per heavy atom. The van der Waals surface area contributed by atoms with Crippen molar-refractivity contribution in [3.8, 4) is 0 Å². The molecule has 0 spiro atoms. The van der Waals surface area contributed by atoms with Crippen LogP contribution in [0.1, 0.15) is 32.6 Å². The summed E-state index contributed by atoms with van der Waals surface area (Å²) in [5.74, 6) is -0.645. The smallest absolute Gasteiger partial charge is 0.243 e. The largest absolute Gasteiger partial charge is 0.342 e. The van der Waals surface area contributed by atoms with Gasteiger partial charge in [-0.05, 0) is 43.5 Å². The first kappa shape index (κ1) is 21.7. The number of rotatable bonds is 4. The van der Waals surface area contributed by atoms with Crippen LogP contribution >= 0.6 is 0 Å². The molecular formula is C20H28FN3O4S. The van der Waals surface area contributed by atoms with Crippen molar-refractivity contribution in [1.82, 2.24) is 14.1 Å². The van der Waals surface area contributed by atoms with E-state index in [4.69, 9.17) is 0 Å². The highest BCUT2D eigenvalue weighted by atomic mass is 32.2. The average molecular weight is 426 g/mol. The summed E-state index contributed by atoms with van der Waals surface area (Å²) in [6.07, 6.45) is 2.53. The van der Waals surface area contributed by atoms with Gasteiger partial charge in [-0.2, -0.15) is 4.31 Å². The van der Waals surface area contributed by atoms with E-state index in [1.807, 2.05) is 6.92 Å². The Morgan fingerprint density at radius 3 is 2.38 bits per heavy atom. The summed E-state index contributed by atoms with van der Waals surface area (Å²) in [5, 5.41) is 0. The van der Waals surface area contributed by atoms with E-state index < -0.39 is 15.8 Å². The quantitative estimate of drug-likeness (QED) is 0.736. The number of piperidine rings is 1. The first-order valence-corrected chi connectivity index (χ1v) is 11.6. The molecule has 2 saturated heterocycles. The molecular weight excluding hydrogens is 397 g/mol. The number of benzene rings is 1. The summed E-state index contributed by atoms with van der Waals surface area (Å²) in [7, 11) is -3.72. The third kappa shape index (κ3) is 4.95. The van der Waals surface area contributed by atoms with Crippen LogP contribution in [-0.4, -0.2) is 73.6 Å². The first-order chi connectivity index (χ1) is 13.8. The molecule has 1 atom stereocenters. The average Bonchev–Trinajstić information content (AvgIpc) is 3.00. The van der Waals surface area contributed by atoms with E-state index in [0.29, 0.717) is 45.6 Å². The monoisotopic (exact) mass is 425 g/mol. The van der Waals surface area contributed by atoms with Gasteiger partial charge in [-0.3, -0.25) is 9.59 Å². The summed E-state index contributed by atoms with van der Waals surface area (Å²) in [6.45, 7) is 4.28. The molecule has 29 heavy (non-hydrogen) atoms. The molecule has 0 radical (unpaired) electrons. The van der Waals surface area contributed by atoms with Gasteiger partial charge < -0.3 is 9.80 Å². The van der Waals surface area contributed by atoms with Crippen LogP contribution in [0.15, 0.2) is 29.2 Å². The number of carbonyl (C=O) groups excluding carboxylic acids is 2. The van der Waals surface area contributed by atoms with E-state index in [1.165, 1.54) is 16.4 Å². The molecule has 0 bridgehead atoms. The third-order valence-electron chi connectivity index (χ3n) is 5.64. The van der Waals surface area contributed by atoms with Crippen molar-refractivity contribution in [2.45, 2.75) is 37.5 Å². The van der Waals surface area contributed by atoms with Gasteiger partial charge in [-0.15, -0.1) is 0 Å². The highest BCUT2D eigenvalue weighted by Gasteiger charge is 2.33. The Labute approximate surface area is 171 Å². The standard InChI is InChI=1S/C20H28FN3O4S/c1-2-19(25)23-10-3-5-16(15-23)20(26)22-11-4-12-24(14-13-22)29(27,28)18-8-6-17(21)7-9-18/h6-9,16H,2-5,10-15H2,1H3. The highest BCUT2D eigenvalue weighted by molar-refractivity contribution is 7.89. The molecule has 0 aliphatic carbocycles. The Hall–Kier alpha value is -2.00. The molecule has 2 heterocycles. The molecule has 2 amide bonds. The molecule has 1 unspecified atom stereocenters. The Bertz CT molecular complexity index is 844. The van der Waals surface area contributed by atoms with Crippen molar-refractivity contribution in [1.29, 1.82) is 0 Å². The minimum absolute atomic E-state index is 0.000340. The summed E-state index contributed by atoms with van der Waals surface area (Å²) >= 11 is 0. The zero-order valence-electron chi connectivity index (χ0n) is 16.7. The van der Waals surface area contributed by atoms with E-state index in [-0.39, 0.29) is 29.2 Å². The molecule has 2 aliphatic heterocycles. The van der Waals surface area contributed by atoms with Crippen molar-refractivity contribution < 1.29 is 22.4 Å². The number of hydrogen-bond acceptors (Lipinski definition) is 4. The van der Waals surface area contributed by atoms with Gasteiger partial charge in [-0.25, -0.2) is 12.8 Å². The van der Waals surface area contributed by atoms with Gasteiger partial charge in [0, 0.05) is 45.7 Å². The zero-order valence-corrected chi connectivity index (χ0v) is 17.5. The van der Waals surface area contributed by atoms with Gasteiger partial charge in [0.05, 0.1) is 10.8 Å². The second-order valence-corrected chi connectivity index (χ2v) is 9.51. The van der Waals surface area contributed by atoms with Crippen LogP contribution in [0.4, 0.5) is 4.39 Å². The van der Waals surface area contributed by atoms with Crippen molar-refractivity contribution in [2.24, 2.45) is 5.92 Å². The van der Waals surface area contributed by atoms with E-state index >= 15 is 0 Å². The third-order valence-corrected chi connectivity index (χ3v) is 7.56. The topological polar surface area (TPSA) is 78.0 Å². The van der Waals surface area contributed by atoms with Gasteiger partial charge in [0.15, 0.2) is 0 Å². The van der Waals surface area contributed by atoms with Crippen molar-refractivity contribution in [3.63, 3.8) is 0 Å². The van der Waals surface area contributed by atoms with Crippen LogP contribution in [0, 0.1) is 11.7 Å². The van der Waals surface area contributed by atoms with Gasteiger partial charge in [0.1, 0.15) is 5.82 Å². The fourth-order valence-electron chi connectivity index (χ4n) is 4.00. The molecule has 9 heteroatoms. The van der Waals surface area contributed by atoms with E-state index in [2.05, 4.69) is 0 Å². The summed E-state index contributed by atoms with van der Waals surface area (Å²) < 4.78 is 40.2. The van der Waals surface area contributed by atoms with Gasteiger partial charge in [0.25, 0.3) is 0 Å². The SMILES string of the molecule is CCC(=O)N1CCCC(C(=O)N2CCCN(S(=O)(=O)c3ccc(F)cc3)CC2)C1. The lowest BCUT2D eigenvalue weighted by atomic mass is 9.96. The minimum atomic E-state index is -3.72. The number of hydrogen-bond donors (Lipinski definition) is 0. The van der Waals surface area contributed by atoms with Crippen LogP contribution in [0.3, 0.4) is 0 Å². The molecule has 160 valence electrons. The highest BCUT2D eigenvalue weighted by Crippen LogP contribution is 2.22. The van der Waals surface area contributed by atoms with Crippen molar-refractivity contribution >= 4 is 21.8 Å². The maximum atomic E-state index is 13.1. The fraction of sp³-hybridized carbons (Fsp3) is 0.600. The predicted molar refractivity (Wildman–Crippen MR) is 106 cm³/mol. The molecule has 1 aromatic rings. The second kappa shape index (κ2) is 9.21. The Morgan fingerprint density at radius 1 is 1.00 bits per heavy atom. The minimum Gasteiger partial charge on any atom is -0.342 e. The maximum Gasteiger partial charge on any atom is 0.243 e. The molecule has 0 aromatic heterocycles. The number of amides is 2.